The van der Waals surface area contributed by atoms with Gasteiger partial charge in [0.25, 0.3) is 5.95 Å². The van der Waals surface area contributed by atoms with E-state index >= 15 is 0 Å². The topological polar surface area (TPSA) is 71.8 Å². The van der Waals surface area contributed by atoms with Crippen LogP contribution in [0, 0.1) is 0 Å². The molecule has 2 unspecified atom stereocenters. The minimum atomic E-state index is -0.0286. The predicted molar refractivity (Wildman–Crippen MR) is 90.5 cm³/mol. The van der Waals surface area contributed by atoms with Crippen molar-refractivity contribution in [2.75, 3.05) is 10.6 Å². The van der Waals surface area contributed by atoms with Crippen molar-refractivity contribution in [1.82, 2.24) is 14.8 Å². The molecule has 2 aromatic rings. The summed E-state index contributed by atoms with van der Waals surface area (Å²) in [5.41, 5.74) is 1.20. The lowest BCUT2D eigenvalue weighted by atomic mass is 9.99. The second-order valence-electron chi connectivity index (χ2n) is 6.06. The van der Waals surface area contributed by atoms with Crippen molar-refractivity contribution in [2.24, 2.45) is 0 Å². The Bertz CT molecular complexity index is 667. The van der Waals surface area contributed by atoms with E-state index < -0.39 is 0 Å². The molecule has 0 fully saturated rings. The Morgan fingerprint density at radius 1 is 1.39 bits per heavy atom. The van der Waals surface area contributed by atoms with Crippen LogP contribution in [0.3, 0.4) is 0 Å². The van der Waals surface area contributed by atoms with Crippen LogP contribution in [0.5, 0.6) is 0 Å². The van der Waals surface area contributed by atoms with Crippen molar-refractivity contribution in [3.8, 4) is 0 Å². The average Bonchev–Trinajstić information content (AvgIpc) is 2.94. The van der Waals surface area contributed by atoms with E-state index in [2.05, 4.69) is 46.7 Å². The number of fused-ring (bicyclic) bond motifs is 1. The first-order valence-electron chi connectivity index (χ1n) is 8.25. The van der Waals surface area contributed by atoms with Gasteiger partial charge in [-0.2, -0.15) is 4.98 Å². The SMILES string of the molecule is CCCCC(=O)Nc1nc2n(n1)C(c1ccccc1)CC(C)N2. The molecule has 0 saturated heterocycles. The van der Waals surface area contributed by atoms with Crippen LogP contribution in [-0.4, -0.2) is 26.7 Å². The van der Waals surface area contributed by atoms with Crippen molar-refractivity contribution in [3.05, 3.63) is 35.9 Å². The maximum absolute atomic E-state index is 11.9. The first-order valence-corrected chi connectivity index (χ1v) is 8.25. The Kier molecular flexibility index (Phi) is 4.60. The second kappa shape index (κ2) is 6.81. The lowest BCUT2D eigenvalue weighted by Gasteiger charge is -2.29. The van der Waals surface area contributed by atoms with Crippen LogP contribution in [0.15, 0.2) is 30.3 Å². The molecular formula is C17H23N5O. The van der Waals surface area contributed by atoms with E-state index in [1.807, 2.05) is 22.9 Å². The van der Waals surface area contributed by atoms with E-state index in [4.69, 9.17) is 0 Å². The number of anilines is 2. The molecule has 0 spiro atoms. The quantitative estimate of drug-likeness (QED) is 0.889. The van der Waals surface area contributed by atoms with E-state index in [0.717, 1.165) is 19.3 Å². The number of aromatic nitrogens is 3. The number of amides is 1. The molecule has 1 aliphatic heterocycles. The van der Waals surface area contributed by atoms with Gasteiger partial charge in [-0.1, -0.05) is 43.7 Å². The number of nitrogens with zero attached hydrogens (tertiary/aromatic N) is 3. The van der Waals surface area contributed by atoms with Crippen molar-refractivity contribution in [3.63, 3.8) is 0 Å². The predicted octanol–water partition coefficient (Wildman–Crippen LogP) is 3.20. The minimum absolute atomic E-state index is 0.0286. The molecule has 122 valence electrons. The van der Waals surface area contributed by atoms with Gasteiger partial charge in [-0.25, -0.2) is 4.68 Å². The van der Waals surface area contributed by atoms with Gasteiger partial charge in [0.2, 0.25) is 11.9 Å². The van der Waals surface area contributed by atoms with E-state index in [1.54, 1.807) is 0 Å². The molecule has 1 aromatic heterocycles. The Morgan fingerprint density at radius 3 is 2.91 bits per heavy atom. The number of unbranched alkanes of at least 4 members (excludes halogenated alkanes) is 1. The first-order chi connectivity index (χ1) is 11.2. The summed E-state index contributed by atoms with van der Waals surface area (Å²) in [5, 5.41) is 10.6. The second-order valence-corrected chi connectivity index (χ2v) is 6.06. The molecule has 1 amide bonds. The summed E-state index contributed by atoms with van der Waals surface area (Å²) in [4.78, 5) is 16.3. The number of carbonyl (C=O) groups excluding carboxylic acids is 1. The van der Waals surface area contributed by atoms with E-state index in [9.17, 15) is 4.79 Å². The van der Waals surface area contributed by atoms with Crippen molar-refractivity contribution >= 4 is 17.8 Å². The summed E-state index contributed by atoms with van der Waals surface area (Å²) >= 11 is 0. The molecule has 6 heteroatoms. The highest BCUT2D eigenvalue weighted by Gasteiger charge is 2.28. The molecule has 0 saturated carbocycles. The van der Waals surface area contributed by atoms with Crippen LogP contribution in [0.25, 0.3) is 0 Å². The highest BCUT2D eigenvalue weighted by molar-refractivity contribution is 5.88. The largest absolute Gasteiger partial charge is 0.352 e. The van der Waals surface area contributed by atoms with Gasteiger partial charge in [0.05, 0.1) is 6.04 Å². The number of rotatable bonds is 5. The number of benzene rings is 1. The number of hydrogen-bond acceptors (Lipinski definition) is 4. The Balaban J connectivity index is 1.82. The number of carbonyl (C=O) groups is 1. The Hall–Kier alpha value is -2.37. The van der Waals surface area contributed by atoms with E-state index in [1.165, 1.54) is 5.56 Å². The van der Waals surface area contributed by atoms with E-state index in [-0.39, 0.29) is 11.9 Å². The lowest BCUT2D eigenvalue weighted by molar-refractivity contribution is -0.116. The van der Waals surface area contributed by atoms with Crippen molar-refractivity contribution < 1.29 is 4.79 Å². The maximum Gasteiger partial charge on any atom is 0.250 e. The normalized spacial score (nSPS) is 19.7. The fourth-order valence-electron chi connectivity index (χ4n) is 2.88. The van der Waals surface area contributed by atoms with Crippen LogP contribution >= 0.6 is 0 Å². The van der Waals surface area contributed by atoms with Gasteiger partial charge >= 0.3 is 0 Å². The van der Waals surface area contributed by atoms with Crippen LogP contribution < -0.4 is 10.6 Å². The maximum atomic E-state index is 11.9. The molecule has 1 aliphatic rings. The summed E-state index contributed by atoms with van der Waals surface area (Å²) in [5.74, 6) is 1.06. The Morgan fingerprint density at radius 2 is 2.17 bits per heavy atom. The van der Waals surface area contributed by atoms with Crippen LogP contribution in [0.1, 0.15) is 51.1 Å². The third-order valence-corrected chi connectivity index (χ3v) is 4.07. The van der Waals surface area contributed by atoms with Crippen LogP contribution in [-0.2, 0) is 4.79 Å². The lowest BCUT2D eigenvalue weighted by Crippen LogP contribution is -2.31. The van der Waals surface area contributed by atoms with Crippen molar-refractivity contribution in [2.45, 2.75) is 51.6 Å². The molecule has 0 aliphatic carbocycles. The van der Waals surface area contributed by atoms with E-state index in [0.29, 0.717) is 24.4 Å². The molecule has 2 heterocycles. The molecule has 0 bridgehead atoms. The molecule has 3 rings (SSSR count). The smallest absolute Gasteiger partial charge is 0.250 e. The molecule has 1 aromatic carbocycles. The van der Waals surface area contributed by atoms with Gasteiger partial charge < -0.3 is 5.32 Å². The summed E-state index contributed by atoms with van der Waals surface area (Å²) in [6.07, 6.45) is 3.31. The fraction of sp³-hybridized carbons (Fsp3) is 0.471. The summed E-state index contributed by atoms with van der Waals surface area (Å²) in [7, 11) is 0. The summed E-state index contributed by atoms with van der Waals surface area (Å²) < 4.78 is 1.88. The number of nitrogens with one attached hydrogen (secondary N) is 2. The molecular weight excluding hydrogens is 290 g/mol. The Labute approximate surface area is 136 Å². The number of hydrogen-bond donors (Lipinski definition) is 2. The van der Waals surface area contributed by atoms with Crippen LogP contribution in [0.2, 0.25) is 0 Å². The molecule has 2 atom stereocenters. The zero-order chi connectivity index (χ0) is 16.2. The fourth-order valence-corrected chi connectivity index (χ4v) is 2.88. The van der Waals surface area contributed by atoms with Gasteiger partial charge in [0.1, 0.15) is 0 Å². The molecule has 23 heavy (non-hydrogen) atoms. The molecule has 2 N–H and O–H groups in total. The summed E-state index contributed by atoms with van der Waals surface area (Å²) in [6, 6.07) is 10.7. The summed E-state index contributed by atoms with van der Waals surface area (Å²) in [6.45, 7) is 4.20. The van der Waals surface area contributed by atoms with Crippen LogP contribution in [0.4, 0.5) is 11.9 Å². The van der Waals surface area contributed by atoms with Gasteiger partial charge in [-0.15, -0.1) is 5.10 Å². The third kappa shape index (κ3) is 3.52. The standard InChI is InChI=1S/C17H23N5O/c1-3-4-10-15(23)19-16-20-17-18-12(2)11-14(22(17)21-16)13-8-6-5-7-9-13/h5-9,12,14H,3-4,10-11H2,1-2H3,(H2,18,19,20,21,23). The monoisotopic (exact) mass is 313 g/mol. The van der Waals surface area contributed by atoms with Gasteiger partial charge in [-0.05, 0) is 25.3 Å². The first kappa shape index (κ1) is 15.5. The van der Waals surface area contributed by atoms with Crippen molar-refractivity contribution in [1.29, 1.82) is 0 Å². The van der Waals surface area contributed by atoms with Gasteiger partial charge in [-0.3, -0.25) is 10.1 Å². The van der Waals surface area contributed by atoms with Gasteiger partial charge in [0, 0.05) is 12.5 Å². The zero-order valence-electron chi connectivity index (χ0n) is 13.6. The molecule has 6 nitrogen and oxygen atoms in total. The third-order valence-electron chi connectivity index (χ3n) is 4.07. The zero-order valence-corrected chi connectivity index (χ0v) is 13.6. The molecule has 0 radical (unpaired) electrons. The minimum Gasteiger partial charge on any atom is -0.352 e. The average molecular weight is 313 g/mol. The highest BCUT2D eigenvalue weighted by Crippen LogP contribution is 2.31. The highest BCUT2D eigenvalue weighted by atomic mass is 16.1. The van der Waals surface area contributed by atoms with Gasteiger partial charge in [0.15, 0.2) is 0 Å².